The minimum Gasteiger partial charge on any atom is -0.352 e. The lowest BCUT2D eigenvalue weighted by Crippen LogP contribution is -2.32. The van der Waals surface area contributed by atoms with Crippen molar-refractivity contribution >= 4 is 17.5 Å². The second kappa shape index (κ2) is 6.60. The van der Waals surface area contributed by atoms with Gasteiger partial charge in [-0.1, -0.05) is 36.4 Å². The first-order valence-electron chi connectivity index (χ1n) is 7.51. The van der Waals surface area contributed by atoms with Gasteiger partial charge in [0.2, 0.25) is 11.8 Å². The van der Waals surface area contributed by atoms with E-state index >= 15 is 0 Å². The summed E-state index contributed by atoms with van der Waals surface area (Å²) in [6.45, 7) is 0.716. The van der Waals surface area contributed by atoms with Gasteiger partial charge >= 0.3 is 0 Å². The van der Waals surface area contributed by atoms with Crippen molar-refractivity contribution in [3.05, 3.63) is 66.0 Å². The summed E-state index contributed by atoms with van der Waals surface area (Å²) in [7, 11) is 0. The molecule has 0 bridgehead atoms. The molecule has 0 radical (unpaired) electrons. The van der Waals surface area contributed by atoms with Crippen LogP contribution in [0.2, 0.25) is 0 Å². The molecule has 0 unspecified atom stereocenters. The van der Waals surface area contributed by atoms with Gasteiger partial charge in [0.15, 0.2) is 0 Å². The number of hydrogen-bond acceptors (Lipinski definition) is 2. The van der Waals surface area contributed by atoms with Crippen LogP contribution in [0.1, 0.15) is 12.0 Å². The lowest BCUT2D eigenvalue weighted by atomic mass is 10.1. The van der Waals surface area contributed by atoms with Crippen molar-refractivity contribution in [2.45, 2.75) is 13.0 Å². The zero-order valence-electron chi connectivity index (χ0n) is 12.5. The highest BCUT2D eigenvalue weighted by Crippen LogP contribution is 2.25. The van der Waals surface area contributed by atoms with Gasteiger partial charge in [0.1, 0.15) is 5.82 Å². The first-order valence-corrected chi connectivity index (χ1v) is 7.51. The lowest BCUT2D eigenvalue weighted by molar-refractivity contribution is -0.126. The van der Waals surface area contributed by atoms with E-state index in [2.05, 4.69) is 5.32 Å². The molecule has 1 aliphatic rings. The van der Waals surface area contributed by atoms with Gasteiger partial charge < -0.3 is 10.2 Å². The summed E-state index contributed by atoms with van der Waals surface area (Å²) in [5.74, 6) is -1.11. The number of nitrogens with zero attached hydrogens (tertiary/aromatic N) is 1. The van der Waals surface area contributed by atoms with Gasteiger partial charge in [0.05, 0.1) is 5.92 Å². The van der Waals surface area contributed by atoms with Crippen LogP contribution in [0.15, 0.2) is 54.6 Å². The van der Waals surface area contributed by atoms with Crippen LogP contribution in [0.25, 0.3) is 0 Å². The van der Waals surface area contributed by atoms with Crippen molar-refractivity contribution in [3.8, 4) is 0 Å². The minimum absolute atomic E-state index is 0.150. The van der Waals surface area contributed by atoms with Crippen molar-refractivity contribution in [1.29, 1.82) is 0 Å². The number of carbonyl (C=O) groups is 2. The van der Waals surface area contributed by atoms with Gasteiger partial charge in [-0.25, -0.2) is 4.39 Å². The lowest BCUT2D eigenvalue weighted by Gasteiger charge is -2.16. The number of rotatable bonds is 4. The van der Waals surface area contributed by atoms with Crippen LogP contribution in [-0.2, 0) is 16.1 Å². The number of hydrogen-bond donors (Lipinski definition) is 1. The molecule has 1 heterocycles. The molecule has 1 saturated heterocycles. The summed E-state index contributed by atoms with van der Waals surface area (Å²) in [6, 6.07) is 15.5. The maximum absolute atomic E-state index is 13.3. The van der Waals surface area contributed by atoms with Gasteiger partial charge in [-0.15, -0.1) is 0 Å². The Morgan fingerprint density at radius 3 is 2.70 bits per heavy atom. The second-order valence-electron chi connectivity index (χ2n) is 5.59. The Morgan fingerprint density at radius 1 is 1.17 bits per heavy atom. The van der Waals surface area contributed by atoms with E-state index in [0.29, 0.717) is 12.2 Å². The normalized spacial score (nSPS) is 17.3. The van der Waals surface area contributed by atoms with Gasteiger partial charge in [0.25, 0.3) is 0 Å². The fourth-order valence-electron chi connectivity index (χ4n) is 2.71. The highest BCUT2D eigenvalue weighted by molar-refractivity contribution is 6.00. The van der Waals surface area contributed by atoms with E-state index in [-0.39, 0.29) is 24.8 Å². The zero-order chi connectivity index (χ0) is 16.2. The molecule has 23 heavy (non-hydrogen) atoms. The number of halogens is 1. The molecule has 1 aliphatic heterocycles. The molecule has 4 nitrogen and oxygen atoms in total. The third kappa shape index (κ3) is 3.56. The molecule has 0 spiro atoms. The molecular formula is C18H17FN2O2. The highest BCUT2D eigenvalue weighted by Gasteiger charge is 2.35. The van der Waals surface area contributed by atoms with Crippen molar-refractivity contribution in [1.82, 2.24) is 5.32 Å². The Balaban J connectivity index is 1.62. The molecule has 0 saturated carbocycles. The fourth-order valence-corrected chi connectivity index (χ4v) is 2.71. The quantitative estimate of drug-likeness (QED) is 0.943. The van der Waals surface area contributed by atoms with Crippen LogP contribution in [-0.4, -0.2) is 18.4 Å². The molecule has 0 aromatic heterocycles. The molecule has 5 heteroatoms. The summed E-state index contributed by atoms with van der Waals surface area (Å²) in [5, 5.41) is 2.85. The molecule has 0 aliphatic carbocycles. The SMILES string of the molecule is O=C(NCc1ccccc1)[C@@H]1CC(=O)N(c2cccc(F)c2)C1. The Morgan fingerprint density at radius 2 is 1.96 bits per heavy atom. The topological polar surface area (TPSA) is 49.4 Å². The molecule has 3 rings (SSSR count). The van der Waals surface area contributed by atoms with Crippen molar-refractivity contribution < 1.29 is 14.0 Å². The summed E-state index contributed by atoms with van der Waals surface area (Å²) >= 11 is 0. The summed E-state index contributed by atoms with van der Waals surface area (Å²) < 4.78 is 13.3. The number of benzene rings is 2. The monoisotopic (exact) mass is 312 g/mol. The fraction of sp³-hybridized carbons (Fsp3) is 0.222. The molecule has 1 atom stereocenters. The third-order valence-electron chi connectivity index (χ3n) is 3.93. The van der Waals surface area contributed by atoms with Gasteiger partial charge in [-0.2, -0.15) is 0 Å². The van der Waals surface area contributed by atoms with E-state index in [1.807, 2.05) is 30.3 Å². The molecule has 2 aromatic carbocycles. The Kier molecular flexibility index (Phi) is 4.37. The largest absolute Gasteiger partial charge is 0.352 e. The number of carbonyl (C=O) groups excluding carboxylic acids is 2. The first-order chi connectivity index (χ1) is 11.1. The van der Waals surface area contributed by atoms with E-state index in [4.69, 9.17) is 0 Å². The van der Waals surface area contributed by atoms with Crippen molar-refractivity contribution in [2.75, 3.05) is 11.4 Å². The Hall–Kier alpha value is -2.69. The van der Waals surface area contributed by atoms with E-state index < -0.39 is 11.7 Å². The standard InChI is InChI=1S/C18H17FN2O2/c19-15-7-4-8-16(10-15)21-12-14(9-17(21)22)18(23)20-11-13-5-2-1-3-6-13/h1-8,10,14H,9,11-12H2,(H,20,23)/t14-/m1/s1. The van der Waals surface area contributed by atoms with Crippen LogP contribution in [0.3, 0.4) is 0 Å². The molecule has 2 aromatic rings. The van der Waals surface area contributed by atoms with Gasteiger partial charge in [0, 0.05) is 25.2 Å². The Labute approximate surface area is 133 Å². The maximum atomic E-state index is 13.3. The molecule has 1 fully saturated rings. The molecule has 1 N–H and O–H groups in total. The summed E-state index contributed by atoms with van der Waals surface area (Å²) in [6.07, 6.45) is 0.150. The van der Waals surface area contributed by atoms with Crippen LogP contribution in [0.4, 0.5) is 10.1 Å². The van der Waals surface area contributed by atoms with Crippen molar-refractivity contribution in [2.24, 2.45) is 5.92 Å². The zero-order valence-corrected chi connectivity index (χ0v) is 12.5. The smallest absolute Gasteiger partial charge is 0.227 e. The summed E-state index contributed by atoms with van der Waals surface area (Å²) in [4.78, 5) is 25.8. The molecule has 118 valence electrons. The van der Waals surface area contributed by atoms with Crippen LogP contribution in [0.5, 0.6) is 0 Å². The predicted molar refractivity (Wildman–Crippen MR) is 85.1 cm³/mol. The highest BCUT2D eigenvalue weighted by atomic mass is 19.1. The van der Waals surface area contributed by atoms with E-state index in [1.54, 1.807) is 12.1 Å². The van der Waals surface area contributed by atoms with Crippen LogP contribution >= 0.6 is 0 Å². The van der Waals surface area contributed by atoms with Crippen molar-refractivity contribution in [3.63, 3.8) is 0 Å². The third-order valence-corrected chi connectivity index (χ3v) is 3.93. The molecular weight excluding hydrogens is 295 g/mol. The van der Waals surface area contributed by atoms with Crippen LogP contribution < -0.4 is 10.2 Å². The summed E-state index contributed by atoms with van der Waals surface area (Å²) in [5.41, 5.74) is 1.50. The van der Waals surface area contributed by atoms with E-state index in [1.165, 1.54) is 17.0 Å². The predicted octanol–water partition coefficient (Wildman–Crippen LogP) is 2.50. The number of amides is 2. The maximum Gasteiger partial charge on any atom is 0.227 e. The van der Waals surface area contributed by atoms with Gasteiger partial charge in [-0.05, 0) is 23.8 Å². The molecule has 2 amide bonds. The van der Waals surface area contributed by atoms with Crippen LogP contribution in [0, 0.1) is 11.7 Å². The number of nitrogens with one attached hydrogen (secondary N) is 1. The minimum atomic E-state index is -0.408. The average Bonchev–Trinajstić information content (AvgIpc) is 2.95. The van der Waals surface area contributed by atoms with E-state index in [0.717, 1.165) is 5.56 Å². The Bertz CT molecular complexity index is 718. The van der Waals surface area contributed by atoms with Gasteiger partial charge in [-0.3, -0.25) is 9.59 Å². The second-order valence-corrected chi connectivity index (χ2v) is 5.59. The average molecular weight is 312 g/mol. The van der Waals surface area contributed by atoms with E-state index in [9.17, 15) is 14.0 Å². The first kappa shape index (κ1) is 15.2. The number of anilines is 1.